The molecule has 0 spiro atoms. The van der Waals surface area contributed by atoms with Crippen molar-refractivity contribution in [2.75, 3.05) is 31.3 Å². The number of aromatic amines is 1. The predicted octanol–water partition coefficient (Wildman–Crippen LogP) is 4.28. The second-order valence-electron chi connectivity index (χ2n) is 8.38. The first-order chi connectivity index (χ1) is 16.7. The van der Waals surface area contributed by atoms with Gasteiger partial charge in [-0.3, -0.25) is 4.79 Å². The Balaban J connectivity index is 1.38. The molecular weight excluding hydrogens is 432 g/mol. The van der Waals surface area contributed by atoms with E-state index in [0.717, 1.165) is 33.7 Å². The van der Waals surface area contributed by atoms with Crippen LogP contribution in [0.2, 0.25) is 0 Å². The van der Waals surface area contributed by atoms with Crippen LogP contribution in [0.1, 0.15) is 11.1 Å². The lowest BCUT2D eigenvalue weighted by Gasteiger charge is -2.27. The second-order valence-corrected chi connectivity index (χ2v) is 8.38. The highest BCUT2D eigenvalue weighted by molar-refractivity contribution is 5.83. The van der Waals surface area contributed by atoms with E-state index in [1.807, 2.05) is 54.6 Å². The number of benzene rings is 3. The van der Waals surface area contributed by atoms with Crippen molar-refractivity contribution in [2.45, 2.75) is 13.1 Å². The molecule has 1 aromatic heterocycles. The molecule has 6 rings (SSSR count). The third-order valence-corrected chi connectivity index (χ3v) is 6.05. The number of ether oxygens (including phenoxy) is 4. The zero-order valence-electron chi connectivity index (χ0n) is 18.6. The van der Waals surface area contributed by atoms with Crippen LogP contribution in [0.3, 0.4) is 0 Å². The monoisotopic (exact) mass is 456 g/mol. The SMILES string of the molecule is O=c1[nH]c2cc3c(cc2cc1CN(Cc1ccccc1)c1ccc2c(c1)OCCO2)OCCO3. The summed E-state index contributed by atoms with van der Waals surface area (Å²) in [6.45, 7) is 3.16. The van der Waals surface area contributed by atoms with E-state index >= 15 is 0 Å². The molecule has 172 valence electrons. The van der Waals surface area contributed by atoms with Gasteiger partial charge in [0, 0.05) is 41.9 Å². The van der Waals surface area contributed by atoms with Gasteiger partial charge in [0.1, 0.15) is 26.4 Å². The van der Waals surface area contributed by atoms with Gasteiger partial charge in [0.15, 0.2) is 23.0 Å². The van der Waals surface area contributed by atoms with Crippen molar-refractivity contribution >= 4 is 16.6 Å². The van der Waals surface area contributed by atoms with Crippen molar-refractivity contribution in [3.05, 3.63) is 88.2 Å². The van der Waals surface area contributed by atoms with E-state index in [1.165, 1.54) is 0 Å². The smallest absolute Gasteiger partial charge is 0.253 e. The fourth-order valence-electron chi connectivity index (χ4n) is 4.38. The Labute approximate surface area is 196 Å². The third kappa shape index (κ3) is 4.01. The average Bonchev–Trinajstić information content (AvgIpc) is 2.88. The predicted molar refractivity (Wildman–Crippen MR) is 129 cm³/mol. The Bertz CT molecular complexity index is 1400. The second kappa shape index (κ2) is 8.67. The van der Waals surface area contributed by atoms with Gasteiger partial charge < -0.3 is 28.8 Å². The van der Waals surface area contributed by atoms with Crippen LogP contribution in [0.5, 0.6) is 23.0 Å². The molecule has 0 saturated heterocycles. The normalized spacial score (nSPS) is 14.1. The molecule has 0 bridgehead atoms. The number of hydrogen-bond donors (Lipinski definition) is 1. The number of rotatable bonds is 5. The fraction of sp³-hybridized carbons (Fsp3) is 0.222. The van der Waals surface area contributed by atoms with Crippen molar-refractivity contribution < 1.29 is 18.9 Å². The zero-order valence-corrected chi connectivity index (χ0v) is 18.6. The fourth-order valence-corrected chi connectivity index (χ4v) is 4.38. The molecule has 3 heterocycles. The highest BCUT2D eigenvalue weighted by atomic mass is 16.6. The molecule has 0 atom stereocenters. The molecule has 0 saturated carbocycles. The van der Waals surface area contributed by atoms with Gasteiger partial charge in [-0.2, -0.15) is 0 Å². The Kier molecular flexibility index (Phi) is 5.22. The molecular formula is C27H24N2O5. The summed E-state index contributed by atoms with van der Waals surface area (Å²) in [5, 5.41) is 0.903. The Morgan fingerprint density at radius 1 is 0.706 bits per heavy atom. The number of fused-ring (bicyclic) bond motifs is 3. The summed E-state index contributed by atoms with van der Waals surface area (Å²) in [5.74, 6) is 2.82. The van der Waals surface area contributed by atoms with E-state index in [2.05, 4.69) is 22.0 Å². The van der Waals surface area contributed by atoms with Gasteiger partial charge in [0.25, 0.3) is 5.56 Å². The Morgan fingerprint density at radius 3 is 2.15 bits per heavy atom. The lowest BCUT2D eigenvalue weighted by molar-refractivity contribution is 0.171. The van der Waals surface area contributed by atoms with Crippen molar-refractivity contribution in [3.63, 3.8) is 0 Å². The van der Waals surface area contributed by atoms with E-state index in [4.69, 9.17) is 18.9 Å². The number of H-pyrrole nitrogens is 1. The molecule has 2 aliphatic rings. The van der Waals surface area contributed by atoms with E-state index in [0.29, 0.717) is 56.6 Å². The summed E-state index contributed by atoms with van der Waals surface area (Å²) in [5.41, 5.74) is 3.37. The molecule has 0 amide bonds. The van der Waals surface area contributed by atoms with Crippen molar-refractivity contribution in [2.24, 2.45) is 0 Å². The van der Waals surface area contributed by atoms with Gasteiger partial charge in [0.2, 0.25) is 0 Å². The van der Waals surface area contributed by atoms with Crippen LogP contribution >= 0.6 is 0 Å². The lowest BCUT2D eigenvalue weighted by atomic mass is 10.1. The summed E-state index contributed by atoms with van der Waals surface area (Å²) in [6.07, 6.45) is 0. The minimum absolute atomic E-state index is 0.125. The molecule has 4 aromatic rings. The van der Waals surface area contributed by atoms with Crippen LogP contribution in [0, 0.1) is 0 Å². The quantitative estimate of drug-likeness (QED) is 0.483. The minimum Gasteiger partial charge on any atom is -0.486 e. The number of nitrogens with zero attached hydrogens (tertiary/aromatic N) is 1. The molecule has 7 heteroatoms. The van der Waals surface area contributed by atoms with E-state index in [1.54, 1.807) is 0 Å². The van der Waals surface area contributed by atoms with Crippen molar-refractivity contribution in [1.29, 1.82) is 0 Å². The first kappa shape index (κ1) is 20.5. The molecule has 0 unspecified atom stereocenters. The van der Waals surface area contributed by atoms with Gasteiger partial charge in [0.05, 0.1) is 5.52 Å². The largest absolute Gasteiger partial charge is 0.486 e. The van der Waals surface area contributed by atoms with Crippen LogP contribution in [-0.4, -0.2) is 31.4 Å². The summed E-state index contributed by atoms with van der Waals surface area (Å²) in [7, 11) is 0. The molecule has 0 fully saturated rings. The maximum absolute atomic E-state index is 13.1. The average molecular weight is 456 g/mol. The van der Waals surface area contributed by atoms with Gasteiger partial charge in [-0.25, -0.2) is 0 Å². The summed E-state index contributed by atoms with van der Waals surface area (Å²) >= 11 is 0. The van der Waals surface area contributed by atoms with Gasteiger partial charge in [-0.15, -0.1) is 0 Å². The summed E-state index contributed by atoms with van der Waals surface area (Å²) in [4.78, 5) is 18.2. The third-order valence-electron chi connectivity index (χ3n) is 6.05. The first-order valence-electron chi connectivity index (χ1n) is 11.4. The van der Waals surface area contributed by atoms with Crippen LogP contribution in [0.15, 0.2) is 71.5 Å². The first-order valence-corrected chi connectivity index (χ1v) is 11.4. The number of hydrogen-bond acceptors (Lipinski definition) is 6. The molecule has 2 aliphatic heterocycles. The van der Waals surface area contributed by atoms with Crippen LogP contribution < -0.4 is 29.4 Å². The number of anilines is 1. The molecule has 0 aliphatic carbocycles. The molecule has 7 nitrogen and oxygen atoms in total. The highest BCUT2D eigenvalue weighted by Gasteiger charge is 2.18. The standard InChI is InChI=1S/C27H24N2O5/c30-27-20(12-19-13-24-26(15-22(19)28-27)34-11-10-32-24)17-29(16-18-4-2-1-3-5-18)21-6-7-23-25(14-21)33-9-8-31-23/h1-7,12-15H,8-11,16-17H2,(H,28,30). The van der Waals surface area contributed by atoms with E-state index < -0.39 is 0 Å². The molecule has 0 radical (unpaired) electrons. The minimum atomic E-state index is -0.125. The summed E-state index contributed by atoms with van der Waals surface area (Å²) < 4.78 is 22.9. The van der Waals surface area contributed by atoms with Gasteiger partial charge >= 0.3 is 0 Å². The Hall–Kier alpha value is -4.13. The summed E-state index contributed by atoms with van der Waals surface area (Å²) in [6, 6.07) is 21.8. The number of pyridine rings is 1. The Morgan fingerprint density at radius 2 is 1.38 bits per heavy atom. The van der Waals surface area contributed by atoms with Gasteiger partial charge in [-0.1, -0.05) is 30.3 Å². The number of aromatic nitrogens is 1. The highest BCUT2D eigenvalue weighted by Crippen LogP contribution is 2.36. The number of nitrogens with one attached hydrogen (secondary N) is 1. The van der Waals surface area contributed by atoms with Gasteiger partial charge in [-0.05, 0) is 29.8 Å². The maximum Gasteiger partial charge on any atom is 0.253 e. The lowest BCUT2D eigenvalue weighted by Crippen LogP contribution is -2.27. The van der Waals surface area contributed by atoms with Crippen molar-refractivity contribution in [1.82, 2.24) is 4.98 Å². The van der Waals surface area contributed by atoms with Crippen LogP contribution in [0.25, 0.3) is 10.9 Å². The molecule has 3 aromatic carbocycles. The van der Waals surface area contributed by atoms with Crippen molar-refractivity contribution in [3.8, 4) is 23.0 Å². The topological polar surface area (TPSA) is 73.0 Å². The van der Waals surface area contributed by atoms with Crippen LogP contribution in [-0.2, 0) is 13.1 Å². The molecule has 1 N–H and O–H groups in total. The van der Waals surface area contributed by atoms with Crippen LogP contribution in [0.4, 0.5) is 5.69 Å². The van der Waals surface area contributed by atoms with E-state index in [9.17, 15) is 4.79 Å². The zero-order chi connectivity index (χ0) is 22.9. The maximum atomic E-state index is 13.1. The van der Waals surface area contributed by atoms with E-state index in [-0.39, 0.29) is 5.56 Å². The molecule has 34 heavy (non-hydrogen) atoms.